The SMILES string of the molecule is NNc1c(F)cc(C(=O)NCc2ccncc2)cc1F. The molecule has 0 bridgehead atoms. The van der Waals surface area contributed by atoms with Gasteiger partial charge in [0.05, 0.1) is 0 Å². The first-order valence-corrected chi connectivity index (χ1v) is 5.74. The number of amides is 1. The average molecular weight is 278 g/mol. The quantitative estimate of drug-likeness (QED) is 0.586. The molecule has 0 atom stereocenters. The fraction of sp³-hybridized carbons (Fsp3) is 0.0769. The van der Waals surface area contributed by atoms with E-state index < -0.39 is 23.2 Å². The van der Waals surface area contributed by atoms with E-state index in [0.717, 1.165) is 17.7 Å². The van der Waals surface area contributed by atoms with Crippen LogP contribution in [0.25, 0.3) is 0 Å². The Labute approximate surface area is 113 Å². The maximum absolute atomic E-state index is 13.5. The monoisotopic (exact) mass is 278 g/mol. The van der Waals surface area contributed by atoms with E-state index in [1.54, 1.807) is 24.5 Å². The van der Waals surface area contributed by atoms with Gasteiger partial charge in [0, 0.05) is 24.5 Å². The van der Waals surface area contributed by atoms with E-state index in [1.165, 1.54) is 0 Å². The van der Waals surface area contributed by atoms with Crippen LogP contribution in [0.1, 0.15) is 15.9 Å². The minimum atomic E-state index is -0.929. The molecule has 0 unspecified atom stereocenters. The number of carbonyl (C=O) groups excluding carboxylic acids is 1. The maximum atomic E-state index is 13.5. The summed E-state index contributed by atoms with van der Waals surface area (Å²) in [5.41, 5.74) is 2.13. The number of nitrogens with two attached hydrogens (primary N) is 1. The summed E-state index contributed by atoms with van der Waals surface area (Å²) >= 11 is 0. The maximum Gasteiger partial charge on any atom is 0.251 e. The Morgan fingerprint density at radius 1 is 1.20 bits per heavy atom. The molecular formula is C13H12F2N4O. The summed E-state index contributed by atoms with van der Waals surface area (Å²) in [7, 11) is 0. The summed E-state index contributed by atoms with van der Waals surface area (Å²) in [5, 5.41) is 2.56. The molecule has 5 nitrogen and oxygen atoms in total. The fourth-order valence-electron chi connectivity index (χ4n) is 1.63. The Morgan fingerprint density at radius 2 is 1.80 bits per heavy atom. The largest absolute Gasteiger partial charge is 0.348 e. The molecule has 1 amide bonds. The smallest absolute Gasteiger partial charge is 0.251 e. The van der Waals surface area contributed by atoms with Crippen molar-refractivity contribution in [1.82, 2.24) is 10.3 Å². The molecule has 104 valence electrons. The van der Waals surface area contributed by atoms with Gasteiger partial charge in [0.2, 0.25) is 0 Å². The summed E-state index contributed by atoms with van der Waals surface area (Å²) in [4.78, 5) is 15.7. The highest BCUT2D eigenvalue weighted by Gasteiger charge is 2.14. The van der Waals surface area contributed by atoms with Crippen LogP contribution in [0.5, 0.6) is 0 Å². The number of nitrogen functional groups attached to an aromatic ring is 1. The fourth-order valence-corrected chi connectivity index (χ4v) is 1.63. The van der Waals surface area contributed by atoms with Crippen LogP contribution < -0.4 is 16.6 Å². The van der Waals surface area contributed by atoms with E-state index >= 15 is 0 Å². The summed E-state index contributed by atoms with van der Waals surface area (Å²) in [6, 6.07) is 5.28. The van der Waals surface area contributed by atoms with Crippen LogP contribution in [-0.2, 0) is 6.54 Å². The number of halogens is 2. The number of aromatic nitrogens is 1. The highest BCUT2D eigenvalue weighted by molar-refractivity contribution is 5.94. The van der Waals surface area contributed by atoms with Gasteiger partial charge >= 0.3 is 0 Å². The minimum Gasteiger partial charge on any atom is -0.348 e. The van der Waals surface area contributed by atoms with E-state index in [9.17, 15) is 13.6 Å². The van der Waals surface area contributed by atoms with E-state index in [4.69, 9.17) is 5.84 Å². The molecule has 0 saturated heterocycles. The van der Waals surface area contributed by atoms with Gasteiger partial charge in [-0.3, -0.25) is 15.6 Å². The highest BCUT2D eigenvalue weighted by atomic mass is 19.1. The van der Waals surface area contributed by atoms with Crippen molar-refractivity contribution in [2.24, 2.45) is 5.84 Å². The number of hydrazine groups is 1. The zero-order valence-electron chi connectivity index (χ0n) is 10.4. The first kappa shape index (κ1) is 13.9. The molecule has 0 aliphatic carbocycles. The molecular weight excluding hydrogens is 266 g/mol. The zero-order chi connectivity index (χ0) is 14.5. The van der Waals surface area contributed by atoms with Crippen molar-refractivity contribution in [2.75, 3.05) is 5.43 Å². The van der Waals surface area contributed by atoms with Crippen LogP contribution in [-0.4, -0.2) is 10.9 Å². The Balaban J connectivity index is 2.10. The Hall–Kier alpha value is -2.54. The van der Waals surface area contributed by atoms with Gasteiger partial charge < -0.3 is 10.7 Å². The molecule has 1 aromatic heterocycles. The number of benzene rings is 1. The van der Waals surface area contributed by atoms with Crippen LogP contribution in [0, 0.1) is 11.6 Å². The van der Waals surface area contributed by atoms with Gasteiger partial charge in [-0.25, -0.2) is 8.78 Å². The van der Waals surface area contributed by atoms with Crippen LogP contribution in [0.15, 0.2) is 36.7 Å². The zero-order valence-corrected chi connectivity index (χ0v) is 10.4. The summed E-state index contributed by atoms with van der Waals surface area (Å²) in [5.74, 6) is 2.54. The van der Waals surface area contributed by atoms with Gasteiger partial charge in [-0.05, 0) is 29.8 Å². The third-order valence-corrected chi connectivity index (χ3v) is 2.65. The summed E-state index contributed by atoms with van der Waals surface area (Å²) in [6.07, 6.45) is 3.17. The Kier molecular flexibility index (Phi) is 4.21. The van der Waals surface area contributed by atoms with Gasteiger partial charge in [-0.15, -0.1) is 0 Å². The predicted molar refractivity (Wildman–Crippen MR) is 69.6 cm³/mol. The molecule has 1 heterocycles. The van der Waals surface area contributed by atoms with Crippen molar-refractivity contribution >= 4 is 11.6 Å². The average Bonchev–Trinajstić information content (AvgIpc) is 2.45. The lowest BCUT2D eigenvalue weighted by Crippen LogP contribution is -2.23. The lowest BCUT2D eigenvalue weighted by atomic mass is 10.1. The molecule has 2 rings (SSSR count). The molecule has 0 spiro atoms. The Bertz CT molecular complexity index is 596. The topological polar surface area (TPSA) is 80.0 Å². The van der Waals surface area contributed by atoms with E-state index in [2.05, 4.69) is 10.3 Å². The number of carbonyl (C=O) groups is 1. The number of nitrogens with zero attached hydrogens (tertiary/aromatic N) is 1. The Morgan fingerprint density at radius 3 is 2.35 bits per heavy atom. The van der Waals surface area contributed by atoms with Crippen LogP contribution in [0.3, 0.4) is 0 Å². The number of hydrogen-bond donors (Lipinski definition) is 3. The molecule has 7 heteroatoms. The number of anilines is 1. The number of rotatable bonds is 4. The second-order valence-electron chi connectivity index (χ2n) is 4.00. The van der Waals surface area contributed by atoms with E-state index in [0.29, 0.717) is 0 Å². The van der Waals surface area contributed by atoms with Gasteiger partial charge in [0.15, 0.2) is 11.6 Å². The van der Waals surface area contributed by atoms with Gasteiger partial charge in [-0.2, -0.15) is 0 Å². The number of pyridine rings is 1. The van der Waals surface area contributed by atoms with Crippen molar-refractivity contribution in [3.05, 3.63) is 59.4 Å². The molecule has 0 aliphatic heterocycles. The first-order chi connectivity index (χ1) is 9.61. The first-order valence-electron chi connectivity index (χ1n) is 5.74. The molecule has 4 N–H and O–H groups in total. The van der Waals surface area contributed by atoms with Crippen molar-refractivity contribution < 1.29 is 13.6 Å². The van der Waals surface area contributed by atoms with E-state index in [-0.39, 0.29) is 12.1 Å². The van der Waals surface area contributed by atoms with Gasteiger partial charge in [0.1, 0.15) is 5.69 Å². The molecule has 0 saturated carbocycles. The molecule has 0 fully saturated rings. The number of nitrogens with one attached hydrogen (secondary N) is 2. The summed E-state index contributed by atoms with van der Waals surface area (Å²) in [6.45, 7) is 0.238. The predicted octanol–water partition coefficient (Wildman–Crippen LogP) is 1.58. The highest BCUT2D eigenvalue weighted by Crippen LogP contribution is 2.19. The van der Waals surface area contributed by atoms with Crippen molar-refractivity contribution in [2.45, 2.75) is 6.54 Å². The van der Waals surface area contributed by atoms with Crippen molar-refractivity contribution in [3.63, 3.8) is 0 Å². The lowest BCUT2D eigenvalue weighted by molar-refractivity contribution is 0.0950. The second-order valence-corrected chi connectivity index (χ2v) is 4.00. The standard InChI is InChI=1S/C13H12F2N4O/c14-10-5-9(6-11(15)12(10)19-16)13(20)18-7-8-1-3-17-4-2-8/h1-6,19H,7,16H2,(H,18,20). The molecule has 20 heavy (non-hydrogen) atoms. The van der Waals surface area contributed by atoms with Crippen molar-refractivity contribution in [3.8, 4) is 0 Å². The van der Waals surface area contributed by atoms with E-state index in [1.807, 2.05) is 5.43 Å². The van der Waals surface area contributed by atoms with Crippen molar-refractivity contribution in [1.29, 1.82) is 0 Å². The third-order valence-electron chi connectivity index (χ3n) is 2.65. The molecule has 2 aromatic rings. The molecule has 0 radical (unpaired) electrons. The van der Waals surface area contributed by atoms with Gasteiger partial charge in [-0.1, -0.05) is 0 Å². The normalized spacial score (nSPS) is 10.2. The van der Waals surface area contributed by atoms with Crippen LogP contribution >= 0.6 is 0 Å². The third kappa shape index (κ3) is 3.07. The molecule has 0 aliphatic rings. The molecule has 1 aromatic carbocycles. The second kappa shape index (κ2) is 6.07. The lowest BCUT2D eigenvalue weighted by Gasteiger charge is -2.08. The van der Waals surface area contributed by atoms with Crippen LogP contribution in [0.2, 0.25) is 0 Å². The van der Waals surface area contributed by atoms with Gasteiger partial charge in [0.25, 0.3) is 5.91 Å². The summed E-state index contributed by atoms with van der Waals surface area (Å²) < 4.78 is 26.9. The van der Waals surface area contributed by atoms with Crippen LogP contribution in [0.4, 0.5) is 14.5 Å². The minimum absolute atomic E-state index is 0.118. The number of hydrogen-bond acceptors (Lipinski definition) is 4.